The lowest BCUT2D eigenvalue weighted by molar-refractivity contribution is 0.0981. The van der Waals surface area contributed by atoms with Gasteiger partial charge < -0.3 is 0 Å². The second-order valence-corrected chi connectivity index (χ2v) is 6.80. The van der Waals surface area contributed by atoms with Crippen LogP contribution in [-0.2, 0) is 9.84 Å². The average molecular weight is 254 g/mol. The second kappa shape index (κ2) is 5.45. The molecule has 1 aromatic carbocycles. The quantitative estimate of drug-likeness (QED) is 0.759. The fraction of sp³-hybridized carbons (Fsp3) is 0.462. The van der Waals surface area contributed by atoms with Crippen LogP contribution in [0, 0.1) is 0 Å². The first-order chi connectivity index (χ1) is 7.89. The third-order valence-corrected chi connectivity index (χ3v) is 4.73. The van der Waals surface area contributed by atoms with Crippen molar-refractivity contribution in [3.63, 3.8) is 0 Å². The van der Waals surface area contributed by atoms with E-state index in [0.717, 1.165) is 6.42 Å². The third-order valence-electron chi connectivity index (χ3n) is 2.58. The van der Waals surface area contributed by atoms with E-state index in [2.05, 4.69) is 0 Å². The Balaban J connectivity index is 3.14. The van der Waals surface area contributed by atoms with Gasteiger partial charge in [0.05, 0.1) is 10.1 Å². The molecule has 0 unspecified atom stereocenters. The van der Waals surface area contributed by atoms with Crippen LogP contribution in [-0.4, -0.2) is 19.5 Å². The van der Waals surface area contributed by atoms with E-state index >= 15 is 0 Å². The normalized spacial score (nSPS) is 11.8. The van der Waals surface area contributed by atoms with Crippen molar-refractivity contribution >= 4 is 15.6 Å². The maximum absolute atomic E-state index is 12.0. The monoisotopic (exact) mass is 254 g/mol. The number of rotatable bonds is 5. The first-order valence-corrected chi connectivity index (χ1v) is 7.31. The molecule has 0 aromatic heterocycles. The van der Waals surface area contributed by atoms with Gasteiger partial charge in [0.25, 0.3) is 0 Å². The van der Waals surface area contributed by atoms with Crippen LogP contribution < -0.4 is 0 Å². The van der Waals surface area contributed by atoms with Crippen molar-refractivity contribution < 1.29 is 13.2 Å². The van der Waals surface area contributed by atoms with Crippen LogP contribution in [0.4, 0.5) is 0 Å². The summed E-state index contributed by atoms with van der Waals surface area (Å²) in [6.45, 7) is 5.19. The van der Waals surface area contributed by atoms with Crippen LogP contribution in [0.1, 0.15) is 44.0 Å². The number of Topliss-reactive ketones (excluding diaryl/α,β-unsaturated/α-hetero) is 1. The summed E-state index contributed by atoms with van der Waals surface area (Å²) in [6.07, 6.45) is 1.21. The smallest absolute Gasteiger partial charge is 0.180 e. The van der Waals surface area contributed by atoms with E-state index in [9.17, 15) is 13.2 Å². The molecule has 0 aliphatic rings. The Morgan fingerprint density at radius 3 is 2.47 bits per heavy atom. The molecule has 0 saturated heterocycles. The first kappa shape index (κ1) is 13.9. The summed E-state index contributed by atoms with van der Waals surface area (Å²) in [4.78, 5) is 11.9. The number of carbonyl (C=O) groups excluding carboxylic acids is 1. The summed E-state index contributed by atoms with van der Waals surface area (Å²) < 4.78 is 23.9. The Kier molecular flexibility index (Phi) is 4.46. The molecule has 0 aliphatic carbocycles. The Bertz CT molecular complexity index is 501. The molecule has 94 valence electrons. The number of hydrogen-bond acceptors (Lipinski definition) is 3. The fourth-order valence-electron chi connectivity index (χ4n) is 1.49. The number of ketones is 1. The van der Waals surface area contributed by atoms with Gasteiger partial charge in [0.2, 0.25) is 0 Å². The van der Waals surface area contributed by atoms with Crippen molar-refractivity contribution in [3.05, 3.63) is 29.8 Å². The second-order valence-electron chi connectivity index (χ2n) is 4.29. The first-order valence-electron chi connectivity index (χ1n) is 5.76. The highest BCUT2D eigenvalue weighted by atomic mass is 32.2. The molecule has 0 saturated carbocycles. The van der Waals surface area contributed by atoms with Gasteiger partial charge in [-0.05, 0) is 32.4 Å². The topological polar surface area (TPSA) is 51.2 Å². The molecule has 0 heterocycles. The highest BCUT2D eigenvalue weighted by Crippen LogP contribution is 2.18. The van der Waals surface area contributed by atoms with Crippen LogP contribution in [0.15, 0.2) is 29.2 Å². The van der Waals surface area contributed by atoms with Crippen molar-refractivity contribution in [3.8, 4) is 0 Å². The predicted molar refractivity (Wildman–Crippen MR) is 68.0 cm³/mol. The minimum atomic E-state index is -3.30. The van der Waals surface area contributed by atoms with Gasteiger partial charge in [-0.25, -0.2) is 8.42 Å². The molecule has 1 aromatic rings. The highest BCUT2D eigenvalue weighted by molar-refractivity contribution is 7.92. The summed E-state index contributed by atoms with van der Waals surface area (Å²) in [5.41, 5.74) is 0.480. The molecule has 0 spiro atoms. The predicted octanol–water partition coefficient (Wildman–Crippen LogP) is 2.85. The molecule has 0 fully saturated rings. The number of carbonyl (C=O) groups is 1. The van der Waals surface area contributed by atoms with Crippen LogP contribution in [0.3, 0.4) is 0 Å². The van der Waals surface area contributed by atoms with Crippen molar-refractivity contribution in [2.75, 3.05) is 0 Å². The van der Waals surface area contributed by atoms with E-state index in [-0.39, 0.29) is 10.7 Å². The minimum Gasteiger partial charge on any atom is -0.294 e. The zero-order valence-electron chi connectivity index (χ0n) is 10.4. The van der Waals surface area contributed by atoms with Gasteiger partial charge in [0.1, 0.15) is 0 Å². The van der Waals surface area contributed by atoms with Crippen molar-refractivity contribution in [1.29, 1.82) is 0 Å². The van der Waals surface area contributed by atoms with Gasteiger partial charge >= 0.3 is 0 Å². The molecule has 3 nitrogen and oxygen atoms in total. The van der Waals surface area contributed by atoms with Gasteiger partial charge in [-0.2, -0.15) is 0 Å². The van der Waals surface area contributed by atoms with Crippen molar-refractivity contribution in [2.24, 2.45) is 0 Å². The molecular weight excluding hydrogens is 236 g/mol. The molecule has 0 atom stereocenters. The van der Waals surface area contributed by atoms with Crippen LogP contribution in [0.25, 0.3) is 0 Å². The summed E-state index contributed by atoms with van der Waals surface area (Å²) in [5.74, 6) is -0.00620. The fourth-order valence-corrected chi connectivity index (χ4v) is 2.59. The molecule has 1 rings (SSSR count). The molecule has 0 amide bonds. The van der Waals surface area contributed by atoms with Crippen LogP contribution in [0.2, 0.25) is 0 Å². The summed E-state index contributed by atoms with van der Waals surface area (Å²) >= 11 is 0. The van der Waals surface area contributed by atoms with E-state index in [1.54, 1.807) is 26.0 Å². The molecule has 0 bridgehead atoms. The van der Waals surface area contributed by atoms with Gasteiger partial charge in [0.15, 0.2) is 15.6 Å². The van der Waals surface area contributed by atoms with E-state index < -0.39 is 15.1 Å². The third kappa shape index (κ3) is 3.16. The Hall–Kier alpha value is -1.16. The molecule has 17 heavy (non-hydrogen) atoms. The average Bonchev–Trinajstić information content (AvgIpc) is 2.29. The standard InChI is InChI=1S/C13H18O3S/c1-4-6-13(14)11-7-5-8-12(9-11)17(15,16)10(2)3/h5,7-10H,4,6H2,1-3H3. The largest absolute Gasteiger partial charge is 0.294 e. The number of hydrogen-bond donors (Lipinski definition) is 0. The minimum absolute atomic E-state index is 0.00620. The van der Waals surface area contributed by atoms with E-state index in [4.69, 9.17) is 0 Å². The van der Waals surface area contributed by atoms with E-state index in [1.807, 2.05) is 6.92 Å². The lowest BCUT2D eigenvalue weighted by Gasteiger charge is -2.08. The number of sulfone groups is 1. The summed E-state index contributed by atoms with van der Waals surface area (Å²) in [5, 5.41) is -0.473. The van der Waals surface area contributed by atoms with Gasteiger partial charge in [0, 0.05) is 12.0 Å². The zero-order chi connectivity index (χ0) is 13.1. The van der Waals surface area contributed by atoms with E-state index in [0.29, 0.717) is 12.0 Å². The zero-order valence-corrected chi connectivity index (χ0v) is 11.3. The van der Waals surface area contributed by atoms with Gasteiger partial charge in [-0.3, -0.25) is 4.79 Å². The van der Waals surface area contributed by atoms with Crippen molar-refractivity contribution in [1.82, 2.24) is 0 Å². The summed E-state index contributed by atoms with van der Waals surface area (Å²) in [6, 6.07) is 6.31. The molecule has 0 radical (unpaired) electrons. The van der Waals surface area contributed by atoms with Gasteiger partial charge in [-0.15, -0.1) is 0 Å². The molecule has 0 N–H and O–H groups in total. The maximum atomic E-state index is 12.0. The highest BCUT2D eigenvalue weighted by Gasteiger charge is 2.20. The molecular formula is C13H18O3S. The maximum Gasteiger partial charge on any atom is 0.180 e. The lowest BCUT2D eigenvalue weighted by atomic mass is 10.1. The van der Waals surface area contributed by atoms with Crippen molar-refractivity contribution in [2.45, 2.75) is 43.8 Å². The lowest BCUT2D eigenvalue weighted by Crippen LogP contribution is -2.14. The van der Waals surface area contributed by atoms with Crippen LogP contribution >= 0.6 is 0 Å². The van der Waals surface area contributed by atoms with Crippen LogP contribution in [0.5, 0.6) is 0 Å². The number of benzene rings is 1. The summed E-state index contributed by atoms with van der Waals surface area (Å²) in [7, 11) is -3.30. The molecule has 4 heteroatoms. The SMILES string of the molecule is CCCC(=O)c1cccc(S(=O)(=O)C(C)C)c1. The Morgan fingerprint density at radius 1 is 1.29 bits per heavy atom. The molecule has 0 aliphatic heterocycles. The Morgan fingerprint density at radius 2 is 1.94 bits per heavy atom. The van der Waals surface area contributed by atoms with E-state index in [1.165, 1.54) is 12.1 Å². The van der Waals surface area contributed by atoms with Gasteiger partial charge in [-0.1, -0.05) is 19.1 Å². The Labute approximate surface area is 103 Å².